The van der Waals surface area contributed by atoms with Crippen molar-refractivity contribution in [2.24, 2.45) is 0 Å². The minimum Gasteiger partial charge on any atom is -0.431 e. The van der Waals surface area contributed by atoms with Gasteiger partial charge in [0, 0.05) is 19.2 Å². The van der Waals surface area contributed by atoms with Gasteiger partial charge in [0.2, 0.25) is 11.6 Å². The molecule has 0 aliphatic carbocycles. The summed E-state index contributed by atoms with van der Waals surface area (Å²) in [6.07, 6.45) is 1.25. The number of hydrogen-bond donors (Lipinski definition) is 1. The van der Waals surface area contributed by atoms with Crippen LogP contribution < -0.4 is 10.1 Å². The van der Waals surface area contributed by atoms with Gasteiger partial charge in [-0.3, -0.25) is 10.1 Å². The molecule has 104 valence electrons. The first kappa shape index (κ1) is 13.7. The molecule has 0 aliphatic rings. The van der Waals surface area contributed by atoms with Crippen LogP contribution in [-0.2, 0) is 0 Å². The Labute approximate surface area is 113 Å². The molecule has 0 radical (unpaired) electrons. The molecule has 0 fully saturated rings. The molecule has 0 saturated carbocycles. The van der Waals surface area contributed by atoms with Crippen molar-refractivity contribution in [1.29, 1.82) is 0 Å². The van der Waals surface area contributed by atoms with Gasteiger partial charge in [0.1, 0.15) is 18.0 Å². The van der Waals surface area contributed by atoms with E-state index in [2.05, 4.69) is 15.3 Å². The van der Waals surface area contributed by atoms with Gasteiger partial charge in [0.25, 0.3) is 0 Å². The fourth-order valence-electron chi connectivity index (χ4n) is 1.61. The van der Waals surface area contributed by atoms with Crippen LogP contribution in [-0.4, -0.2) is 21.9 Å². The van der Waals surface area contributed by atoms with Crippen LogP contribution in [0.3, 0.4) is 0 Å². The second kappa shape index (κ2) is 5.47. The Bertz CT molecular complexity index is 663. The molecule has 2 rings (SSSR count). The van der Waals surface area contributed by atoms with E-state index in [4.69, 9.17) is 4.74 Å². The number of hydrogen-bond acceptors (Lipinski definition) is 6. The number of ether oxygens (including phenoxy) is 1. The molecular formula is C12H11FN4O3. The minimum absolute atomic E-state index is 0.123. The van der Waals surface area contributed by atoms with Gasteiger partial charge >= 0.3 is 5.69 Å². The zero-order valence-corrected chi connectivity index (χ0v) is 10.8. The molecule has 7 nitrogen and oxygen atoms in total. The average Bonchev–Trinajstić information content (AvgIpc) is 2.41. The molecule has 0 spiro atoms. The highest BCUT2D eigenvalue weighted by Gasteiger charge is 2.18. The SMILES string of the molecule is CNc1ncnc(Oc2cc(F)ccc2[N+](=O)[O-])c1C. The summed E-state index contributed by atoms with van der Waals surface area (Å²) in [7, 11) is 1.67. The molecule has 1 heterocycles. The Hall–Kier alpha value is -2.77. The van der Waals surface area contributed by atoms with Crippen molar-refractivity contribution in [2.75, 3.05) is 12.4 Å². The lowest BCUT2D eigenvalue weighted by Gasteiger charge is -2.10. The third-order valence-electron chi connectivity index (χ3n) is 2.60. The van der Waals surface area contributed by atoms with Crippen molar-refractivity contribution in [1.82, 2.24) is 9.97 Å². The molecule has 1 aromatic carbocycles. The largest absolute Gasteiger partial charge is 0.431 e. The van der Waals surface area contributed by atoms with Gasteiger partial charge in [-0.05, 0) is 13.0 Å². The van der Waals surface area contributed by atoms with E-state index >= 15 is 0 Å². The summed E-state index contributed by atoms with van der Waals surface area (Å²) in [5.74, 6) is -0.197. The molecule has 0 bridgehead atoms. The zero-order valence-electron chi connectivity index (χ0n) is 10.8. The van der Waals surface area contributed by atoms with E-state index in [1.807, 2.05) is 0 Å². The van der Waals surface area contributed by atoms with E-state index in [1.165, 1.54) is 6.33 Å². The van der Waals surface area contributed by atoms with Crippen molar-refractivity contribution in [3.63, 3.8) is 0 Å². The van der Waals surface area contributed by atoms with Gasteiger partial charge in [-0.2, -0.15) is 0 Å². The third-order valence-corrected chi connectivity index (χ3v) is 2.60. The number of aromatic nitrogens is 2. The quantitative estimate of drug-likeness (QED) is 0.683. The van der Waals surface area contributed by atoms with Crippen LogP contribution in [0.15, 0.2) is 24.5 Å². The fraction of sp³-hybridized carbons (Fsp3) is 0.167. The number of benzene rings is 1. The highest BCUT2D eigenvalue weighted by molar-refractivity contribution is 5.52. The highest BCUT2D eigenvalue weighted by Crippen LogP contribution is 2.33. The number of nitrogens with zero attached hydrogens (tertiary/aromatic N) is 3. The maximum absolute atomic E-state index is 13.2. The Kier molecular flexibility index (Phi) is 3.74. The lowest BCUT2D eigenvalue weighted by Crippen LogP contribution is -2.01. The van der Waals surface area contributed by atoms with Crippen LogP contribution in [0.1, 0.15) is 5.56 Å². The summed E-state index contributed by atoms with van der Waals surface area (Å²) in [5, 5.41) is 13.7. The molecule has 0 amide bonds. The molecule has 0 unspecified atom stereocenters. The van der Waals surface area contributed by atoms with Gasteiger partial charge in [-0.25, -0.2) is 14.4 Å². The van der Waals surface area contributed by atoms with Gasteiger partial charge in [0.05, 0.1) is 10.5 Å². The lowest BCUT2D eigenvalue weighted by molar-refractivity contribution is -0.385. The maximum atomic E-state index is 13.2. The number of rotatable bonds is 4. The van der Waals surface area contributed by atoms with Crippen LogP contribution in [0.4, 0.5) is 15.9 Å². The molecule has 1 aromatic heterocycles. The monoisotopic (exact) mass is 278 g/mol. The van der Waals surface area contributed by atoms with Crippen LogP contribution in [0.5, 0.6) is 11.6 Å². The molecule has 0 atom stereocenters. The number of nitro benzene ring substituents is 1. The van der Waals surface area contributed by atoms with Gasteiger partial charge in [0.15, 0.2) is 0 Å². The van der Waals surface area contributed by atoms with E-state index in [0.29, 0.717) is 11.4 Å². The highest BCUT2D eigenvalue weighted by atomic mass is 19.1. The van der Waals surface area contributed by atoms with Crippen molar-refractivity contribution in [3.05, 3.63) is 46.0 Å². The summed E-state index contributed by atoms with van der Waals surface area (Å²) in [5.41, 5.74) is 0.226. The standard InChI is InChI=1S/C12H11FN4O3/c1-7-11(14-2)15-6-16-12(7)20-10-5-8(13)3-4-9(10)17(18)19/h3-6H,1-2H3,(H,14,15,16). The van der Waals surface area contributed by atoms with Crippen LogP contribution >= 0.6 is 0 Å². The summed E-state index contributed by atoms with van der Waals surface area (Å²) >= 11 is 0. The van der Waals surface area contributed by atoms with Gasteiger partial charge in [-0.1, -0.05) is 0 Å². The van der Waals surface area contributed by atoms with Crippen molar-refractivity contribution in [2.45, 2.75) is 6.92 Å². The Morgan fingerprint density at radius 3 is 2.80 bits per heavy atom. The van der Waals surface area contributed by atoms with Gasteiger partial charge < -0.3 is 10.1 Å². The third kappa shape index (κ3) is 2.63. The molecular weight excluding hydrogens is 267 g/mol. The Morgan fingerprint density at radius 2 is 2.15 bits per heavy atom. The predicted octanol–water partition coefficient (Wildman–Crippen LogP) is 2.67. The average molecular weight is 278 g/mol. The van der Waals surface area contributed by atoms with Crippen LogP contribution in [0.25, 0.3) is 0 Å². The zero-order chi connectivity index (χ0) is 14.7. The van der Waals surface area contributed by atoms with E-state index < -0.39 is 10.7 Å². The van der Waals surface area contributed by atoms with Crippen molar-refractivity contribution < 1.29 is 14.1 Å². The van der Waals surface area contributed by atoms with Crippen LogP contribution in [0, 0.1) is 22.9 Å². The van der Waals surface area contributed by atoms with E-state index in [1.54, 1.807) is 14.0 Å². The summed E-state index contributed by atoms with van der Waals surface area (Å²) in [4.78, 5) is 18.1. The molecule has 2 aromatic rings. The maximum Gasteiger partial charge on any atom is 0.311 e. The Morgan fingerprint density at radius 1 is 1.40 bits per heavy atom. The van der Waals surface area contributed by atoms with E-state index in [9.17, 15) is 14.5 Å². The van der Waals surface area contributed by atoms with E-state index in [-0.39, 0.29) is 17.3 Å². The predicted molar refractivity (Wildman–Crippen MR) is 69.4 cm³/mol. The smallest absolute Gasteiger partial charge is 0.311 e. The topological polar surface area (TPSA) is 90.2 Å². The first-order valence-electron chi connectivity index (χ1n) is 5.64. The Balaban J connectivity index is 2.44. The second-order valence-electron chi connectivity index (χ2n) is 3.87. The summed E-state index contributed by atoms with van der Waals surface area (Å²) in [6, 6.07) is 2.98. The second-order valence-corrected chi connectivity index (χ2v) is 3.87. The van der Waals surface area contributed by atoms with E-state index in [0.717, 1.165) is 18.2 Å². The molecule has 20 heavy (non-hydrogen) atoms. The van der Waals surface area contributed by atoms with Gasteiger partial charge in [-0.15, -0.1) is 0 Å². The number of anilines is 1. The summed E-state index contributed by atoms with van der Waals surface area (Å²) in [6.45, 7) is 1.69. The van der Waals surface area contributed by atoms with Crippen LogP contribution in [0.2, 0.25) is 0 Å². The normalized spacial score (nSPS) is 10.2. The van der Waals surface area contributed by atoms with Crippen molar-refractivity contribution >= 4 is 11.5 Å². The molecule has 8 heteroatoms. The fourth-order valence-corrected chi connectivity index (χ4v) is 1.61. The lowest BCUT2D eigenvalue weighted by atomic mass is 10.3. The molecule has 1 N–H and O–H groups in total. The molecule has 0 saturated heterocycles. The minimum atomic E-state index is -0.649. The van der Waals surface area contributed by atoms with Crippen molar-refractivity contribution in [3.8, 4) is 11.6 Å². The first-order valence-corrected chi connectivity index (χ1v) is 5.64. The number of nitrogens with one attached hydrogen (secondary N) is 1. The number of nitro groups is 1. The number of halogens is 1. The first-order chi connectivity index (χ1) is 9.52. The molecule has 0 aliphatic heterocycles. The summed E-state index contributed by atoms with van der Waals surface area (Å²) < 4.78 is 18.6.